The number of rotatable bonds is 4. The summed E-state index contributed by atoms with van der Waals surface area (Å²) < 4.78 is 8.49. The minimum Gasteiger partial charge on any atom is -0.337 e. The van der Waals surface area contributed by atoms with Gasteiger partial charge >= 0.3 is 0 Å². The molecule has 0 N–H and O–H groups in total. The van der Waals surface area contributed by atoms with Gasteiger partial charge in [0.1, 0.15) is 12.1 Å². The van der Waals surface area contributed by atoms with Crippen LogP contribution in [0.4, 0.5) is 0 Å². The molecule has 0 aliphatic rings. The molecule has 0 aliphatic heterocycles. The average Bonchev–Trinajstić information content (AvgIpc) is 3.40. The second-order valence-electron chi connectivity index (χ2n) is 7.27. The summed E-state index contributed by atoms with van der Waals surface area (Å²) in [6.45, 7) is 4.33. The van der Waals surface area contributed by atoms with Gasteiger partial charge in [-0.3, -0.25) is 4.79 Å². The maximum Gasteiger partial charge on any atom is 0.277 e. The Bertz CT molecular complexity index is 1410. The second-order valence-corrected chi connectivity index (χ2v) is 7.27. The standard InChI is InChI=1S/C23H19N5O2/c1-15-8-9-18(12-16(15)2)19-13-20-23(29)27(10-11-28(20)25-19)14-21-24-22(26-30-21)17-6-4-3-5-7-17/h3-13H,14H2,1-2H3. The molecule has 0 unspecified atom stereocenters. The predicted molar refractivity (Wildman–Crippen MR) is 113 cm³/mol. The lowest BCUT2D eigenvalue weighted by Crippen LogP contribution is -2.21. The summed E-state index contributed by atoms with van der Waals surface area (Å²) in [7, 11) is 0. The highest BCUT2D eigenvalue weighted by atomic mass is 16.5. The molecular weight excluding hydrogens is 378 g/mol. The maximum absolute atomic E-state index is 13.0. The highest BCUT2D eigenvalue weighted by Crippen LogP contribution is 2.21. The molecule has 0 fully saturated rings. The highest BCUT2D eigenvalue weighted by Gasteiger charge is 2.13. The molecule has 3 aromatic heterocycles. The van der Waals surface area contributed by atoms with Crippen LogP contribution in [0.1, 0.15) is 17.0 Å². The minimum absolute atomic E-state index is 0.167. The summed E-state index contributed by atoms with van der Waals surface area (Å²) in [5.74, 6) is 0.871. The van der Waals surface area contributed by atoms with Crippen molar-refractivity contribution < 1.29 is 4.52 Å². The lowest BCUT2D eigenvalue weighted by molar-refractivity contribution is 0.370. The molecule has 2 aromatic carbocycles. The number of benzene rings is 2. The summed E-state index contributed by atoms with van der Waals surface area (Å²) in [6.07, 6.45) is 3.44. The number of hydrogen-bond donors (Lipinski definition) is 0. The third kappa shape index (κ3) is 3.20. The van der Waals surface area contributed by atoms with E-state index in [9.17, 15) is 4.79 Å². The topological polar surface area (TPSA) is 78.2 Å². The van der Waals surface area contributed by atoms with Gasteiger partial charge in [0, 0.05) is 23.5 Å². The van der Waals surface area contributed by atoms with E-state index in [1.165, 1.54) is 11.1 Å². The van der Waals surface area contributed by atoms with Crippen molar-refractivity contribution in [3.63, 3.8) is 0 Å². The van der Waals surface area contributed by atoms with Gasteiger partial charge in [0.25, 0.3) is 5.56 Å². The van der Waals surface area contributed by atoms with Crippen LogP contribution in [0, 0.1) is 13.8 Å². The van der Waals surface area contributed by atoms with Gasteiger partial charge in [-0.25, -0.2) is 4.52 Å². The first-order valence-corrected chi connectivity index (χ1v) is 9.63. The van der Waals surface area contributed by atoms with E-state index in [2.05, 4.69) is 41.2 Å². The smallest absolute Gasteiger partial charge is 0.277 e. The molecular formula is C23H19N5O2. The fourth-order valence-electron chi connectivity index (χ4n) is 3.36. The normalized spacial score (nSPS) is 11.3. The van der Waals surface area contributed by atoms with Gasteiger partial charge < -0.3 is 9.09 Å². The van der Waals surface area contributed by atoms with Crippen LogP contribution in [0.25, 0.3) is 28.2 Å². The van der Waals surface area contributed by atoms with Crippen LogP contribution < -0.4 is 5.56 Å². The zero-order valence-electron chi connectivity index (χ0n) is 16.6. The van der Waals surface area contributed by atoms with Crippen LogP contribution in [-0.2, 0) is 6.54 Å². The lowest BCUT2D eigenvalue weighted by Gasteiger charge is -2.02. The second kappa shape index (κ2) is 7.11. The van der Waals surface area contributed by atoms with Gasteiger partial charge in [-0.2, -0.15) is 10.1 Å². The van der Waals surface area contributed by atoms with Crippen LogP contribution >= 0.6 is 0 Å². The number of aromatic nitrogens is 5. The van der Waals surface area contributed by atoms with Gasteiger partial charge in [0.05, 0.1) is 5.69 Å². The number of nitrogens with zero attached hydrogens (tertiary/aromatic N) is 5. The Kier molecular flexibility index (Phi) is 4.28. The largest absolute Gasteiger partial charge is 0.337 e. The zero-order valence-corrected chi connectivity index (χ0v) is 16.6. The van der Waals surface area contributed by atoms with Crippen molar-refractivity contribution in [2.24, 2.45) is 0 Å². The first-order valence-electron chi connectivity index (χ1n) is 9.63. The molecule has 3 heterocycles. The van der Waals surface area contributed by atoms with Gasteiger partial charge in [-0.15, -0.1) is 0 Å². The van der Waals surface area contributed by atoms with Gasteiger partial charge in [-0.05, 0) is 37.1 Å². The molecule has 5 rings (SSSR count). The first-order chi connectivity index (χ1) is 14.6. The van der Waals surface area contributed by atoms with Crippen molar-refractivity contribution in [1.82, 2.24) is 24.3 Å². The summed E-state index contributed by atoms with van der Waals surface area (Å²) in [4.78, 5) is 17.4. The predicted octanol–water partition coefficient (Wildman–Crippen LogP) is 3.88. The Morgan fingerprint density at radius 1 is 0.933 bits per heavy atom. The van der Waals surface area contributed by atoms with Gasteiger partial charge in [-0.1, -0.05) is 47.6 Å². The molecule has 0 saturated carbocycles. The van der Waals surface area contributed by atoms with Crippen LogP contribution in [0.15, 0.2) is 76.3 Å². The molecule has 30 heavy (non-hydrogen) atoms. The molecule has 7 heteroatoms. The number of fused-ring (bicyclic) bond motifs is 1. The van der Waals surface area contributed by atoms with Crippen LogP contribution in [-0.4, -0.2) is 24.3 Å². The molecule has 0 spiro atoms. The van der Waals surface area contributed by atoms with Crippen molar-refractivity contribution in [3.8, 4) is 22.6 Å². The van der Waals surface area contributed by atoms with Crippen LogP contribution in [0.3, 0.4) is 0 Å². The molecule has 0 aliphatic carbocycles. The third-order valence-corrected chi connectivity index (χ3v) is 5.21. The van der Waals surface area contributed by atoms with Gasteiger partial charge in [0.15, 0.2) is 0 Å². The molecule has 0 radical (unpaired) electrons. The molecule has 0 saturated heterocycles. The van der Waals surface area contributed by atoms with Crippen LogP contribution in [0.5, 0.6) is 0 Å². The maximum atomic E-state index is 13.0. The lowest BCUT2D eigenvalue weighted by atomic mass is 10.0. The van der Waals surface area contributed by atoms with Crippen molar-refractivity contribution in [2.45, 2.75) is 20.4 Å². The van der Waals surface area contributed by atoms with Gasteiger partial charge in [0.2, 0.25) is 11.7 Å². The first kappa shape index (κ1) is 18.1. The van der Waals surface area contributed by atoms with Crippen molar-refractivity contribution in [2.75, 3.05) is 0 Å². The Morgan fingerprint density at radius 2 is 1.77 bits per heavy atom. The Morgan fingerprint density at radius 3 is 2.57 bits per heavy atom. The van der Waals surface area contributed by atoms with E-state index >= 15 is 0 Å². The molecule has 0 bridgehead atoms. The summed E-state index contributed by atoms with van der Waals surface area (Å²) in [5, 5.41) is 8.57. The summed E-state index contributed by atoms with van der Waals surface area (Å²) in [5.41, 5.74) is 5.35. The molecule has 0 atom stereocenters. The van der Waals surface area contributed by atoms with Crippen LogP contribution in [0.2, 0.25) is 0 Å². The summed E-state index contributed by atoms with van der Waals surface area (Å²) in [6, 6.07) is 17.6. The number of hydrogen-bond acceptors (Lipinski definition) is 5. The molecule has 5 aromatic rings. The fraction of sp³-hybridized carbons (Fsp3) is 0.130. The van der Waals surface area contributed by atoms with Crippen molar-refractivity contribution in [1.29, 1.82) is 0 Å². The quantitative estimate of drug-likeness (QED) is 0.460. The molecule has 7 nitrogen and oxygen atoms in total. The third-order valence-electron chi connectivity index (χ3n) is 5.21. The summed E-state index contributed by atoms with van der Waals surface area (Å²) >= 11 is 0. The average molecular weight is 397 g/mol. The fourth-order valence-corrected chi connectivity index (χ4v) is 3.36. The Hall–Kier alpha value is -4.00. The van der Waals surface area contributed by atoms with E-state index in [1.807, 2.05) is 42.5 Å². The molecule has 0 amide bonds. The Labute approximate surface area is 172 Å². The SMILES string of the molecule is Cc1ccc(-c2cc3c(=O)n(Cc4nc(-c5ccccc5)no4)ccn3n2)cc1C. The van der Waals surface area contributed by atoms with Crippen molar-refractivity contribution in [3.05, 3.63) is 94.4 Å². The van der Waals surface area contributed by atoms with E-state index in [0.29, 0.717) is 17.2 Å². The minimum atomic E-state index is -0.167. The molecule has 148 valence electrons. The van der Waals surface area contributed by atoms with E-state index in [0.717, 1.165) is 16.8 Å². The Balaban J connectivity index is 1.47. The zero-order chi connectivity index (χ0) is 20.7. The number of aryl methyl sites for hydroxylation is 2. The van der Waals surface area contributed by atoms with Crippen molar-refractivity contribution >= 4 is 5.52 Å². The monoisotopic (exact) mass is 397 g/mol. The van der Waals surface area contributed by atoms with E-state index in [-0.39, 0.29) is 12.1 Å². The van der Waals surface area contributed by atoms with E-state index < -0.39 is 0 Å². The highest BCUT2D eigenvalue weighted by molar-refractivity contribution is 5.66. The van der Waals surface area contributed by atoms with E-state index in [1.54, 1.807) is 21.5 Å². The van der Waals surface area contributed by atoms with E-state index in [4.69, 9.17) is 4.52 Å².